The van der Waals surface area contributed by atoms with Gasteiger partial charge in [0.05, 0.1) is 16.8 Å². The van der Waals surface area contributed by atoms with Gasteiger partial charge >= 0.3 is 0 Å². The highest BCUT2D eigenvalue weighted by atomic mass is 16.2. The van der Waals surface area contributed by atoms with Crippen molar-refractivity contribution in [3.63, 3.8) is 0 Å². The number of aryl methyl sites for hydroxylation is 2. The number of aromatic nitrogens is 2. The first-order valence-corrected chi connectivity index (χ1v) is 10.2. The van der Waals surface area contributed by atoms with Crippen molar-refractivity contribution in [1.29, 1.82) is 0 Å². The number of hydrogen-bond acceptors (Lipinski definition) is 4. The number of nitrogens with one attached hydrogen (secondary N) is 1. The highest BCUT2D eigenvalue weighted by Gasteiger charge is 2.51. The molecule has 1 aliphatic heterocycles. The molecule has 1 saturated heterocycles. The zero-order chi connectivity index (χ0) is 20.6. The average molecular weight is 394 g/mol. The summed E-state index contributed by atoms with van der Waals surface area (Å²) in [7, 11) is 0. The van der Waals surface area contributed by atoms with Crippen molar-refractivity contribution in [3.05, 3.63) is 41.6 Å². The predicted molar refractivity (Wildman–Crippen MR) is 109 cm³/mol. The third kappa shape index (κ3) is 3.69. The molecule has 4 rings (SSSR count). The van der Waals surface area contributed by atoms with E-state index in [-0.39, 0.29) is 24.8 Å². The van der Waals surface area contributed by atoms with Gasteiger partial charge in [0.15, 0.2) is 0 Å². The van der Waals surface area contributed by atoms with Crippen molar-refractivity contribution >= 4 is 23.5 Å². The smallest absolute Gasteiger partial charge is 0.245 e. The van der Waals surface area contributed by atoms with E-state index in [1.807, 2.05) is 38.1 Å². The van der Waals surface area contributed by atoms with Crippen LogP contribution in [0.1, 0.15) is 49.8 Å². The van der Waals surface area contributed by atoms with Crippen LogP contribution in [0.4, 0.5) is 5.82 Å². The molecule has 0 radical (unpaired) electrons. The van der Waals surface area contributed by atoms with Crippen LogP contribution in [0.3, 0.4) is 0 Å². The lowest BCUT2D eigenvalue weighted by atomic mass is 9.73. The molecule has 1 aliphatic carbocycles. The first kappa shape index (κ1) is 19.4. The number of amides is 3. The summed E-state index contributed by atoms with van der Waals surface area (Å²) in [6.45, 7) is 3.60. The van der Waals surface area contributed by atoms with E-state index < -0.39 is 11.3 Å². The standard InChI is InChI=1S/C22H26N4O3/c1-15-6-8-17(9-7-15)26-18(12-16(2)24-26)23-19(27)14-25-20(28)13-22(21(25)29)10-4-3-5-11-22/h6-9,12H,3-5,10-11,13-14H2,1-2H3,(H,23,27). The number of carbonyl (C=O) groups is 3. The molecule has 2 fully saturated rings. The Morgan fingerprint density at radius 2 is 1.79 bits per heavy atom. The lowest BCUT2D eigenvalue weighted by molar-refractivity contribution is -0.144. The first-order valence-electron chi connectivity index (χ1n) is 10.2. The maximum absolute atomic E-state index is 12.9. The molecule has 1 N–H and O–H groups in total. The maximum atomic E-state index is 12.9. The van der Waals surface area contributed by atoms with Gasteiger partial charge in [-0.15, -0.1) is 0 Å². The number of nitrogens with zero attached hydrogens (tertiary/aromatic N) is 3. The number of imide groups is 1. The van der Waals surface area contributed by atoms with Crippen LogP contribution in [0.5, 0.6) is 0 Å². The Hall–Kier alpha value is -2.96. The second kappa shape index (κ2) is 7.46. The van der Waals surface area contributed by atoms with E-state index >= 15 is 0 Å². The van der Waals surface area contributed by atoms with Crippen molar-refractivity contribution in [2.45, 2.75) is 52.4 Å². The van der Waals surface area contributed by atoms with Crippen LogP contribution in [0.25, 0.3) is 5.69 Å². The topological polar surface area (TPSA) is 84.3 Å². The quantitative estimate of drug-likeness (QED) is 0.808. The molecule has 2 aliphatic rings. The van der Waals surface area contributed by atoms with Crippen LogP contribution < -0.4 is 5.32 Å². The molecule has 2 aromatic rings. The molecule has 7 heteroatoms. The highest BCUT2D eigenvalue weighted by Crippen LogP contribution is 2.45. The number of anilines is 1. The van der Waals surface area contributed by atoms with Crippen molar-refractivity contribution < 1.29 is 14.4 Å². The predicted octanol–water partition coefficient (Wildman–Crippen LogP) is 3.14. The number of rotatable bonds is 4. The third-order valence-electron chi connectivity index (χ3n) is 5.98. The van der Waals surface area contributed by atoms with Gasteiger partial charge in [-0.25, -0.2) is 4.68 Å². The van der Waals surface area contributed by atoms with E-state index in [9.17, 15) is 14.4 Å². The molecule has 3 amide bonds. The summed E-state index contributed by atoms with van der Waals surface area (Å²) < 4.78 is 1.66. The molecule has 0 atom stereocenters. The van der Waals surface area contributed by atoms with Crippen molar-refractivity contribution in [1.82, 2.24) is 14.7 Å². The van der Waals surface area contributed by atoms with Crippen LogP contribution >= 0.6 is 0 Å². The van der Waals surface area contributed by atoms with Gasteiger partial charge in [-0.3, -0.25) is 19.3 Å². The highest BCUT2D eigenvalue weighted by molar-refractivity contribution is 6.09. The van der Waals surface area contributed by atoms with Crippen LogP contribution in [-0.2, 0) is 14.4 Å². The fraction of sp³-hybridized carbons (Fsp3) is 0.455. The van der Waals surface area contributed by atoms with Crippen LogP contribution in [0.2, 0.25) is 0 Å². The van der Waals surface area contributed by atoms with E-state index in [2.05, 4.69) is 10.4 Å². The number of carbonyl (C=O) groups excluding carboxylic acids is 3. The normalized spacial score (nSPS) is 18.5. The van der Waals surface area contributed by atoms with Crippen molar-refractivity contribution in [3.8, 4) is 5.69 Å². The lowest BCUT2D eigenvalue weighted by Crippen LogP contribution is -2.41. The first-order chi connectivity index (χ1) is 13.9. The molecule has 0 unspecified atom stereocenters. The summed E-state index contributed by atoms with van der Waals surface area (Å²) in [6.07, 6.45) is 4.76. The molecule has 1 aromatic carbocycles. The van der Waals surface area contributed by atoms with Crippen LogP contribution in [-0.4, -0.2) is 38.9 Å². The minimum atomic E-state index is -0.574. The minimum Gasteiger partial charge on any atom is -0.309 e. The van der Waals surface area contributed by atoms with Gasteiger partial charge in [-0.05, 0) is 38.8 Å². The largest absolute Gasteiger partial charge is 0.309 e. The Kier molecular flexibility index (Phi) is 4.98. The van der Waals surface area contributed by atoms with Gasteiger partial charge in [0.1, 0.15) is 12.4 Å². The van der Waals surface area contributed by atoms with Gasteiger partial charge in [-0.1, -0.05) is 37.0 Å². The molecule has 7 nitrogen and oxygen atoms in total. The average Bonchev–Trinajstić information content (AvgIpc) is 3.15. The molecule has 2 heterocycles. The molecule has 1 saturated carbocycles. The summed E-state index contributed by atoms with van der Waals surface area (Å²) in [6, 6.07) is 9.58. The fourth-order valence-electron chi connectivity index (χ4n) is 4.44. The minimum absolute atomic E-state index is 0.180. The zero-order valence-electron chi connectivity index (χ0n) is 16.9. The third-order valence-corrected chi connectivity index (χ3v) is 5.98. The monoisotopic (exact) mass is 394 g/mol. The van der Waals surface area contributed by atoms with Crippen molar-refractivity contribution in [2.75, 3.05) is 11.9 Å². The number of hydrogen-bond donors (Lipinski definition) is 1. The van der Waals surface area contributed by atoms with Gasteiger partial charge in [0, 0.05) is 12.5 Å². The van der Waals surface area contributed by atoms with Gasteiger partial charge < -0.3 is 5.32 Å². The van der Waals surface area contributed by atoms with E-state index in [1.165, 1.54) is 0 Å². The number of benzene rings is 1. The molecule has 0 bridgehead atoms. The van der Waals surface area contributed by atoms with Gasteiger partial charge in [0.2, 0.25) is 17.7 Å². The summed E-state index contributed by atoms with van der Waals surface area (Å²) in [5.41, 5.74) is 2.14. The van der Waals surface area contributed by atoms with Gasteiger partial charge in [-0.2, -0.15) is 5.10 Å². The molecule has 1 aromatic heterocycles. The molecule has 1 spiro atoms. The van der Waals surface area contributed by atoms with Crippen LogP contribution in [0, 0.1) is 19.3 Å². The Labute approximate surface area is 170 Å². The lowest BCUT2D eigenvalue weighted by Gasteiger charge is -2.30. The van der Waals surface area contributed by atoms with Crippen LogP contribution in [0.15, 0.2) is 30.3 Å². The summed E-state index contributed by atoms with van der Waals surface area (Å²) in [5.74, 6) is -0.300. The molecular weight excluding hydrogens is 368 g/mol. The van der Waals surface area contributed by atoms with E-state index in [1.54, 1.807) is 10.7 Å². The second-order valence-electron chi connectivity index (χ2n) is 8.27. The van der Waals surface area contributed by atoms with Gasteiger partial charge in [0.25, 0.3) is 0 Å². The summed E-state index contributed by atoms with van der Waals surface area (Å²) in [5, 5.41) is 7.27. The van der Waals surface area contributed by atoms with E-state index in [4.69, 9.17) is 0 Å². The van der Waals surface area contributed by atoms with Crippen molar-refractivity contribution in [2.24, 2.45) is 5.41 Å². The summed E-state index contributed by atoms with van der Waals surface area (Å²) >= 11 is 0. The van der Waals surface area contributed by atoms with E-state index in [0.717, 1.165) is 53.9 Å². The Balaban J connectivity index is 1.49. The molecule has 29 heavy (non-hydrogen) atoms. The molecular formula is C22H26N4O3. The maximum Gasteiger partial charge on any atom is 0.245 e. The SMILES string of the molecule is Cc1ccc(-n2nc(C)cc2NC(=O)CN2C(=O)CC3(CCCCC3)C2=O)cc1. The zero-order valence-corrected chi connectivity index (χ0v) is 16.9. The number of likely N-dealkylation sites (tertiary alicyclic amines) is 1. The Morgan fingerprint density at radius 3 is 2.48 bits per heavy atom. The van der Waals surface area contributed by atoms with E-state index in [0.29, 0.717) is 5.82 Å². The second-order valence-corrected chi connectivity index (χ2v) is 8.27. The Bertz CT molecular complexity index is 955. The molecule has 152 valence electrons. The summed E-state index contributed by atoms with van der Waals surface area (Å²) in [4.78, 5) is 39.2. The fourth-order valence-corrected chi connectivity index (χ4v) is 4.44. The Morgan fingerprint density at radius 1 is 1.10 bits per heavy atom.